The molecule has 0 aromatic rings. The van der Waals surface area contributed by atoms with Gasteiger partial charge in [-0.2, -0.15) is 6.92 Å². The Morgan fingerprint density at radius 1 is 1.50 bits per heavy atom. The number of allylic oxidation sites excluding steroid dienone is 2. The van der Waals surface area contributed by atoms with Crippen LogP contribution in [0.5, 0.6) is 0 Å². The van der Waals surface area contributed by atoms with Crippen LogP contribution in [-0.2, 0) is 21.1 Å². The largest absolute Gasteiger partial charge is 2.00 e. The standard InChI is InChI=1S/C6H11.CH3.W/c1-4-6(3)5-2;;/h4H2,1-3H3;1H3;/q2*-1;+2. The fourth-order valence-corrected chi connectivity index (χ4v) is 0.177. The average molecular weight is 282 g/mol. The second kappa shape index (κ2) is 10.4. The van der Waals surface area contributed by atoms with Crippen molar-refractivity contribution in [1.29, 1.82) is 0 Å². The Hall–Kier alpha value is 0.428. The van der Waals surface area contributed by atoms with Gasteiger partial charge in [-0.25, -0.2) is 0 Å². The van der Waals surface area contributed by atoms with Gasteiger partial charge in [0.1, 0.15) is 0 Å². The molecule has 0 N–H and O–H groups in total. The van der Waals surface area contributed by atoms with Crippen LogP contribution in [0.15, 0.2) is 5.57 Å². The van der Waals surface area contributed by atoms with E-state index in [1.807, 2.05) is 6.92 Å². The van der Waals surface area contributed by atoms with E-state index in [4.69, 9.17) is 0 Å². The summed E-state index contributed by atoms with van der Waals surface area (Å²) < 4.78 is 0. The zero-order chi connectivity index (χ0) is 4.99. The van der Waals surface area contributed by atoms with Crippen LogP contribution in [0.25, 0.3) is 0 Å². The molecule has 0 atom stereocenters. The molecule has 0 radical (unpaired) electrons. The topological polar surface area (TPSA) is 0 Å². The molecule has 0 nitrogen and oxygen atoms in total. The van der Waals surface area contributed by atoms with Crippen LogP contribution in [0.1, 0.15) is 27.2 Å². The molecule has 0 heterocycles. The van der Waals surface area contributed by atoms with Gasteiger partial charge in [-0.1, -0.05) is 20.3 Å². The third kappa shape index (κ3) is 9.66. The average Bonchev–Trinajstić information content (AvgIpc) is 1.65. The molecular formula is C7H14W. The van der Waals surface area contributed by atoms with Crippen molar-refractivity contribution < 1.29 is 21.1 Å². The molecule has 0 amide bonds. The first-order valence-electron chi connectivity index (χ1n) is 2.31. The van der Waals surface area contributed by atoms with Gasteiger partial charge in [-0.05, 0) is 0 Å². The fraction of sp³-hybridized carbons (Fsp3) is 0.571. The molecule has 0 aliphatic carbocycles. The summed E-state index contributed by atoms with van der Waals surface area (Å²) in [6.07, 6.45) is 4.17. The summed E-state index contributed by atoms with van der Waals surface area (Å²) in [4.78, 5) is 0. The van der Waals surface area contributed by atoms with E-state index in [0.29, 0.717) is 0 Å². The van der Waals surface area contributed by atoms with Crippen molar-refractivity contribution in [2.24, 2.45) is 0 Å². The molecule has 8 heavy (non-hydrogen) atoms. The Kier molecular flexibility index (Phi) is 20.6. The maximum Gasteiger partial charge on any atom is 2.00 e. The minimum absolute atomic E-state index is 0. The quantitative estimate of drug-likeness (QED) is 0.648. The van der Waals surface area contributed by atoms with E-state index in [2.05, 4.69) is 19.9 Å². The minimum Gasteiger partial charge on any atom is -0.501 e. The van der Waals surface area contributed by atoms with E-state index in [1.54, 1.807) is 0 Å². The predicted octanol–water partition coefficient (Wildman–Crippen LogP) is 2.61. The van der Waals surface area contributed by atoms with E-state index < -0.39 is 0 Å². The van der Waals surface area contributed by atoms with Crippen molar-refractivity contribution in [2.75, 3.05) is 0 Å². The molecule has 0 aromatic carbocycles. The van der Waals surface area contributed by atoms with E-state index in [9.17, 15) is 0 Å². The number of hydrogen-bond acceptors (Lipinski definition) is 0. The maximum atomic E-state index is 3.03. The van der Waals surface area contributed by atoms with E-state index in [1.165, 1.54) is 5.57 Å². The van der Waals surface area contributed by atoms with Crippen LogP contribution in [0.2, 0.25) is 0 Å². The molecule has 0 unspecified atom stereocenters. The van der Waals surface area contributed by atoms with Crippen molar-refractivity contribution in [3.05, 3.63) is 19.1 Å². The summed E-state index contributed by atoms with van der Waals surface area (Å²) in [6.45, 7) is 6.16. The molecule has 0 rings (SSSR count). The van der Waals surface area contributed by atoms with Crippen molar-refractivity contribution in [1.82, 2.24) is 0 Å². The molecule has 0 spiro atoms. The van der Waals surface area contributed by atoms with Crippen LogP contribution < -0.4 is 0 Å². The first-order chi connectivity index (χ1) is 2.81. The predicted molar refractivity (Wildman–Crippen MR) is 34.8 cm³/mol. The number of rotatable bonds is 1. The van der Waals surface area contributed by atoms with Gasteiger partial charge < -0.3 is 13.5 Å². The first kappa shape index (κ1) is 15.8. The van der Waals surface area contributed by atoms with Crippen molar-refractivity contribution in [3.63, 3.8) is 0 Å². The Balaban J connectivity index is -0.000000125. The minimum atomic E-state index is 0. The van der Waals surface area contributed by atoms with Crippen molar-refractivity contribution >= 4 is 0 Å². The zero-order valence-electron chi connectivity index (χ0n) is 6.12. The fourth-order valence-electron chi connectivity index (χ4n) is 0.177. The molecule has 0 aromatic heterocycles. The van der Waals surface area contributed by atoms with Crippen LogP contribution in [0, 0.1) is 13.5 Å². The molecule has 0 saturated heterocycles. The first-order valence-corrected chi connectivity index (χ1v) is 2.31. The Bertz CT molecular complexity index is 55.4. The van der Waals surface area contributed by atoms with E-state index in [-0.39, 0.29) is 28.5 Å². The molecular weight excluding hydrogens is 268 g/mol. The molecule has 0 bridgehead atoms. The van der Waals surface area contributed by atoms with Crippen molar-refractivity contribution in [3.8, 4) is 0 Å². The second-order valence-electron chi connectivity index (χ2n) is 1.38. The summed E-state index contributed by atoms with van der Waals surface area (Å²) in [5.41, 5.74) is 1.34. The Morgan fingerprint density at radius 3 is 1.88 bits per heavy atom. The molecule has 0 fully saturated rings. The summed E-state index contributed by atoms with van der Waals surface area (Å²) in [5.74, 6) is 0. The van der Waals surface area contributed by atoms with Crippen LogP contribution in [0.4, 0.5) is 0 Å². The van der Waals surface area contributed by atoms with Gasteiger partial charge in [0.15, 0.2) is 0 Å². The summed E-state index contributed by atoms with van der Waals surface area (Å²) >= 11 is 0. The van der Waals surface area contributed by atoms with Crippen LogP contribution >= 0.6 is 0 Å². The third-order valence-electron chi connectivity index (χ3n) is 0.957. The monoisotopic (exact) mass is 282 g/mol. The molecule has 0 saturated carbocycles. The number of hydrogen-bond donors (Lipinski definition) is 0. The summed E-state index contributed by atoms with van der Waals surface area (Å²) in [5, 5.41) is 0. The van der Waals surface area contributed by atoms with Gasteiger partial charge in [0.05, 0.1) is 0 Å². The van der Waals surface area contributed by atoms with Gasteiger partial charge in [-0.15, -0.1) is 0 Å². The Labute approximate surface area is 67.6 Å². The van der Waals surface area contributed by atoms with Crippen molar-refractivity contribution in [2.45, 2.75) is 27.2 Å². The van der Waals surface area contributed by atoms with Gasteiger partial charge in [-0.3, -0.25) is 5.57 Å². The SMILES string of the molecule is C[C-]=C(C)CC.[CH3-].[W+2]. The van der Waals surface area contributed by atoms with Gasteiger partial charge >= 0.3 is 21.1 Å². The van der Waals surface area contributed by atoms with E-state index >= 15 is 0 Å². The Morgan fingerprint density at radius 2 is 1.88 bits per heavy atom. The molecule has 0 aliphatic heterocycles. The van der Waals surface area contributed by atoms with Gasteiger partial charge in [0, 0.05) is 0 Å². The van der Waals surface area contributed by atoms with Crippen LogP contribution in [0.3, 0.4) is 0 Å². The van der Waals surface area contributed by atoms with Gasteiger partial charge in [0.2, 0.25) is 0 Å². The molecule has 48 valence electrons. The summed E-state index contributed by atoms with van der Waals surface area (Å²) in [7, 11) is 0. The normalized spacial score (nSPS) is 9.12. The van der Waals surface area contributed by atoms with E-state index in [0.717, 1.165) is 6.42 Å². The second-order valence-corrected chi connectivity index (χ2v) is 1.38. The molecule has 1 heteroatoms. The molecule has 0 aliphatic rings. The summed E-state index contributed by atoms with van der Waals surface area (Å²) in [6, 6.07) is 0. The van der Waals surface area contributed by atoms with Crippen LogP contribution in [-0.4, -0.2) is 0 Å². The maximum absolute atomic E-state index is 3.03. The zero-order valence-corrected chi connectivity index (χ0v) is 9.05. The van der Waals surface area contributed by atoms with Gasteiger partial charge in [0.25, 0.3) is 0 Å². The third-order valence-corrected chi connectivity index (χ3v) is 0.957. The smallest absolute Gasteiger partial charge is 0.501 e.